The van der Waals surface area contributed by atoms with E-state index in [-0.39, 0.29) is 32.0 Å². The summed E-state index contributed by atoms with van der Waals surface area (Å²) >= 11 is 0. The third-order valence-electron chi connectivity index (χ3n) is 18.0. The van der Waals surface area contributed by atoms with E-state index in [1.165, 1.54) is 205 Å². The normalized spacial score (nSPS) is 13.8. The van der Waals surface area contributed by atoms with Gasteiger partial charge in [0.05, 0.1) is 27.7 Å². The summed E-state index contributed by atoms with van der Waals surface area (Å²) in [6, 6.07) is 0. The standard InChI is InChI=1S/C92H158NO8P/c1-6-8-10-12-14-16-18-20-22-24-26-28-30-32-34-36-38-40-42-44-45-46-47-49-51-53-55-57-59-61-63-65-67-69-71-73-75-77-79-81-83-85-92(95)101-90(89-100-102(96,97)99-87-86-93(3,4)5)88-98-91(94)84-82-80-78-76-74-72-70-68-66-64-62-60-58-56-54-52-50-48-43-41-39-37-35-33-31-29-27-25-23-21-19-17-15-13-11-9-7-2/h8,10,14,16,19-22,25-28,31-34,38,40,44-45,47,49,53,55,59,61,90H,6-7,9,11-13,15,17-18,23-24,29-30,35-37,39,41-43,46,48,50-52,54,56-58,60,62-89H2,1-5H3/p+1/b10-8-,16-14-,21-19-,22-20-,27-25-,28-26-,33-31-,34-32-,40-38-,45-44-,49-47-,55-53-,61-59-. The van der Waals surface area contributed by atoms with Crippen molar-refractivity contribution in [2.75, 3.05) is 47.5 Å². The van der Waals surface area contributed by atoms with Gasteiger partial charge in [0.25, 0.3) is 0 Å². The van der Waals surface area contributed by atoms with Crippen molar-refractivity contribution >= 4 is 19.8 Å². The number of phosphoric ester groups is 1. The summed E-state index contributed by atoms with van der Waals surface area (Å²) in [5.74, 6) is -0.797. The first-order chi connectivity index (χ1) is 50.0. The summed E-state index contributed by atoms with van der Waals surface area (Å²) in [6.07, 6.45) is 121. The summed E-state index contributed by atoms with van der Waals surface area (Å²) in [7, 11) is 1.47. The maximum atomic E-state index is 12.9. The van der Waals surface area contributed by atoms with Gasteiger partial charge in [0.2, 0.25) is 0 Å². The fraction of sp³-hybridized carbons (Fsp3) is 0.696. The van der Waals surface area contributed by atoms with Crippen LogP contribution in [-0.2, 0) is 32.7 Å². The van der Waals surface area contributed by atoms with E-state index in [4.69, 9.17) is 18.5 Å². The Hall–Kier alpha value is -4.37. The van der Waals surface area contributed by atoms with Crippen LogP contribution in [0.15, 0.2) is 158 Å². The molecule has 0 aromatic rings. The van der Waals surface area contributed by atoms with Crippen molar-refractivity contribution in [3.8, 4) is 0 Å². The number of phosphoric acid groups is 1. The van der Waals surface area contributed by atoms with Crippen LogP contribution in [0.1, 0.15) is 361 Å². The van der Waals surface area contributed by atoms with E-state index in [0.717, 1.165) is 122 Å². The van der Waals surface area contributed by atoms with Gasteiger partial charge in [0.1, 0.15) is 19.8 Å². The van der Waals surface area contributed by atoms with Gasteiger partial charge in [-0.15, -0.1) is 0 Å². The largest absolute Gasteiger partial charge is 0.472 e. The highest BCUT2D eigenvalue weighted by molar-refractivity contribution is 7.47. The number of nitrogens with zero attached hydrogens (tertiary/aromatic N) is 1. The first-order valence-corrected chi connectivity index (χ1v) is 43.7. The molecule has 2 atom stereocenters. The van der Waals surface area contributed by atoms with Crippen molar-refractivity contribution in [2.45, 2.75) is 367 Å². The highest BCUT2D eigenvalue weighted by Gasteiger charge is 2.27. The Morgan fingerprint density at radius 2 is 0.559 bits per heavy atom. The summed E-state index contributed by atoms with van der Waals surface area (Å²) in [5.41, 5.74) is 0. The number of esters is 2. The van der Waals surface area contributed by atoms with E-state index in [1.807, 2.05) is 21.1 Å². The molecule has 0 saturated heterocycles. The summed E-state index contributed by atoms with van der Waals surface area (Å²) in [6.45, 7) is 4.33. The van der Waals surface area contributed by atoms with Gasteiger partial charge in [-0.25, -0.2) is 4.57 Å². The number of quaternary nitrogens is 1. The average molecular weight is 1440 g/mol. The molecule has 1 N–H and O–H groups in total. The smallest absolute Gasteiger partial charge is 0.462 e. The number of carbonyl (C=O) groups excluding carboxylic acids is 2. The first-order valence-electron chi connectivity index (χ1n) is 42.2. The van der Waals surface area contributed by atoms with Crippen LogP contribution >= 0.6 is 7.82 Å². The van der Waals surface area contributed by atoms with Gasteiger partial charge >= 0.3 is 19.8 Å². The minimum atomic E-state index is -4.41. The Labute approximate surface area is 630 Å². The number of allylic oxidation sites excluding steroid dienone is 26. The van der Waals surface area contributed by atoms with Crippen LogP contribution in [0.4, 0.5) is 0 Å². The molecule has 0 bridgehead atoms. The SMILES string of the molecule is CC/C=C\C/C=C\C/C=C\C/C=C\C/C=C\C/C=C\C/C=C\C/C=C\C/C=C\C/C=C\CCCCCCCCCCCCC(=O)OC(COC(=O)CCCCCCCCCCCCCCCCCCCCCCCC/C=C\C/C=C\C/C=C\CCCCCCC)COP(=O)(O)OCC[N+](C)(C)C. The molecule has 0 aromatic carbocycles. The number of likely N-dealkylation sites (N-methyl/N-ethyl adjacent to an activating group) is 1. The second kappa shape index (κ2) is 80.7. The molecule has 0 rings (SSSR count). The Kier molecular flexibility index (Phi) is 77.3. The second-order valence-corrected chi connectivity index (χ2v) is 30.6. The van der Waals surface area contributed by atoms with Crippen LogP contribution < -0.4 is 0 Å². The van der Waals surface area contributed by atoms with E-state index >= 15 is 0 Å². The number of unbranched alkanes of at least 4 members (excludes halogenated alkanes) is 37. The number of rotatable bonds is 77. The Balaban J connectivity index is 4.00. The molecule has 102 heavy (non-hydrogen) atoms. The van der Waals surface area contributed by atoms with Crippen LogP contribution in [0.25, 0.3) is 0 Å². The van der Waals surface area contributed by atoms with E-state index < -0.39 is 26.5 Å². The summed E-state index contributed by atoms with van der Waals surface area (Å²) in [5, 5.41) is 0. The number of hydrogen-bond donors (Lipinski definition) is 1. The van der Waals surface area contributed by atoms with Crippen LogP contribution in [-0.4, -0.2) is 74.9 Å². The third kappa shape index (κ3) is 84.6. The van der Waals surface area contributed by atoms with Crippen LogP contribution in [0, 0.1) is 0 Å². The Bertz CT molecular complexity index is 2290. The molecule has 9 nitrogen and oxygen atoms in total. The average Bonchev–Trinajstić information content (AvgIpc) is 0.916. The topological polar surface area (TPSA) is 108 Å². The van der Waals surface area contributed by atoms with E-state index in [1.54, 1.807) is 0 Å². The lowest BCUT2D eigenvalue weighted by Gasteiger charge is -2.24. The van der Waals surface area contributed by atoms with E-state index in [2.05, 4.69) is 172 Å². The maximum Gasteiger partial charge on any atom is 0.472 e. The molecule has 0 aliphatic carbocycles. The zero-order valence-electron chi connectivity index (χ0n) is 66.8. The molecule has 0 amide bonds. The van der Waals surface area contributed by atoms with Gasteiger partial charge in [-0.2, -0.15) is 0 Å². The van der Waals surface area contributed by atoms with E-state index in [9.17, 15) is 19.0 Å². The maximum absolute atomic E-state index is 12.9. The molecular weight excluding hydrogens is 1280 g/mol. The molecule has 0 aromatic heterocycles. The third-order valence-corrected chi connectivity index (χ3v) is 19.0. The predicted molar refractivity (Wildman–Crippen MR) is 445 cm³/mol. The summed E-state index contributed by atoms with van der Waals surface area (Å²) in [4.78, 5) is 36.0. The quantitative estimate of drug-likeness (QED) is 0.0211. The molecule has 0 fully saturated rings. The minimum absolute atomic E-state index is 0.0259. The molecule has 0 heterocycles. The van der Waals surface area contributed by atoms with Crippen molar-refractivity contribution < 1.29 is 42.1 Å². The van der Waals surface area contributed by atoms with Crippen LogP contribution in [0.2, 0.25) is 0 Å². The van der Waals surface area contributed by atoms with Gasteiger partial charge in [0.15, 0.2) is 6.10 Å². The monoisotopic (exact) mass is 1440 g/mol. The molecule has 2 unspecified atom stereocenters. The zero-order chi connectivity index (χ0) is 74.0. The Morgan fingerprint density at radius 1 is 0.314 bits per heavy atom. The van der Waals surface area contributed by atoms with Crippen molar-refractivity contribution in [3.05, 3.63) is 158 Å². The van der Waals surface area contributed by atoms with Gasteiger partial charge in [0, 0.05) is 12.8 Å². The predicted octanol–water partition coefficient (Wildman–Crippen LogP) is 28.6. The zero-order valence-corrected chi connectivity index (χ0v) is 67.7. The van der Waals surface area contributed by atoms with Crippen LogP contribution in [0.3, 0.4) is 0 Å². The molecule has 0 spiro atoms. The van der Waals surface area contributed by atoms with Crippen molar-refractivity contribution in [1.82, 2.24) is 0 Å². The Morgan fingerprint density at radius 3 is 0.833 bits per heavy atom. The number of carbonyl (C=O) groups is 2. The van der Waals surface area contributed by atoms with E-state index in [0.29, 0.717) is 17.4 Å². The fourth-order valence-electron chi connectivity index (χ4n) is 11.6. The molecule has 0 aliphatic heterocycles. The minimum Gasteiger partial charge on any atom is -0.462 e. The van der Waals surface area contributed by atoms with Gasteiger partial charge < -0.3 is 18.9 Å². The molecule has 584 valence electrons. The molecular formula is C92H159NO8P+. The highest BCUT2D eigenvalue weighted by atomic mass is 31.2. The fourth-order valence-corrected chi connectivity index (χ4v) is 12.4. The first kappa shape index (κ1) is 97.6. The van der Waals surface area contributed by atoms with Crippen molar-refractivity contribution in [1.29, 1.82) is 0 Å². The molecule has 10 heteroatoms. The van der Waals surface area contributed by atoms with Crippen molar-refractivity contribution in [3.63, 3.8) is 0 Å². The molecule has 0 radical (unpaired) electrons. The number of hydrogen-bond acceptors (Lipinski definition) is 7. The second-order valence-electron chi connectivity index (χ2n) is 29.1. The summed E-state index contributed by atoms with van der Waals surface area (Å²) < 4.78 is 34.8. The number of ether oxygens (including phenoxy) is 2. The van der Waals surface area contributed by atoms with Gasteiger partial charge in [-0.05, 0) is 128 Å². The highest BCUT2D eigenvalue weighted by Crippen LogP contribution is 2.43. The molecule has 0 saturated carbocycles. The lowest BCUT2D eigenvalue weighted by molar-refractivity contribution is -0.870. The molecule has 0 aliphatic rings. The lowest BCUT2D eigenvalue weighted by Crippen LogP contribution is -2.37. The van der Waals surface area contributed by atoms with Crippen molar-refractivity contribution in [2.24, 2.45) is 0 Å². The van der Waals surface area contributed by atoms with Gasteiger partial charge in [-0.1, -0.05) is 377 Å². The van der Waals surface area contributed by atoms with Gasteiger partial charge in [-0.3, -0.25) is 18.6 Å². The van der Waals surface area contributed by atoms with Crippen LogP contribution in [0.5, 0.6) is 0 Å². The lowest BCUT2D eigenvalue weighted by atomic mass is 10.0.